The van der Waals surface area contributed by atoms with Crippen LogP contribution in [0.15, 0.2) is 36.5 Å². The molecule has 0 radical (unpaired) electrons. The normalized spacial score (nSPS) is 27.5. The van der Waals surface area contributed by atoms with Crippen molar-refractivity contribution < 1.29 is 117 Å². The van der Waals surface area contributed by atoms with Gasteiger partial charge in [-0.05, 0) is 51.4 Å². The highest BCUT2D eigenvalue weighted by molar-refractivity contribution is 7.47. The zero-order chi connectivity index (χ0) is 73.2. The third-order valence-corrected chi connectivity index (χ3v) is 20.0. The number of allylic oxidation sites excluding steroid dienone is 5. The standard InChI is InChI=1S/C75H135O24P/c1-4-7-10-13-16-19-22-25-28-30-33-36-39-42-45-48-51-61(79)94-56(53-91-59(77)49-46-43-40-37-34-31-27-24-21-18-15-12-9-6-3)54-93-100(89,90)99-73-71(97-74-69(87)64(82)62(80)57(52-76)95-74)67(85)66(84)68(86)72(73)98-75-70(88)65(83)63(81)58(96-75)55-92-60(78)50-47-44-41-38-35-32-29-26-23-20-17-14-11-8-5-2/h31,34,41,44,47,50,56-58,62-76,80-88H,4-30,32-33,35-40,42-43,45-46,48-49,51-55H2,1-3H3,(H,89,90)/b34-31-,44-41+,50-47+. The largest absolute Gasteiger partial charge is 0.472 e. The van der Waals surface area contributed by atoms with Gasteiger partial charge in [0.1, 0.15) is 98.7 Å². The Morgan fingerprint density at radius 1 is 0.410 bits per heavy atom. The maximum atomic E-state index is 14.3. The molecule has 1 aliphatic carbocycles. The van der Waals surface area contributed by atoms with Gasteiger partial charge in [0.2, 0.25) is 0 Å². The molecule has 11 N–H and O–H groups in total. The number of phosphoric ester groups is 1. The van der Waals surface area contributed by atoms with Crippen molar-refractivity contribution in [1.29, 1.82) is 0 Å². The fourth-order valence-electron chi connectivity index (χ4n) is 12.7. The van der Waals surface area contributed by atoms with Crippen LogP contribution < -0.4 is 0 Å². The lowest BCUT2D eigenvalue weighted by atomic mass is 9.84. The Morgan fingerprint density at radius 2 is 0.780 bits per heavy atom. The van der Waals surface area contributed by atoms with E-state index in [0.717, 1.165) is 96.0 Å². The number of carbonyl (C=O) groups is 3. The van der Waals surface area contributed by atoms with Gasteiger partial charge in [0, 0.05) is 18.9 Å². The smallest absolute Gasteiger partial charge is 0.462 e. The van der Waals surface area contributed by atoms with Gasteiger partial charge in [0.05, 0.1) is 13.2 Å². The van der Waals surface area contributed by atoms with Crippen molar-refractivity contribution in [3.05, 3.63) is 36.5 Å². The van der Waals surface area contributed by atoms with Gasteiger partial charge in [-0.25, -0.2) is 9.36 Å². The number of hydrogen-bond acceptors (Lipinski definition) is 23. The fourth-order valence-corrected chi connectivity index (χ4v) is 13.6. The first-order chi connectivity index (χ1) is 48.3. The number of hydrogen-bond donors (Lipinski definition) is 11. The molecule has 0 aromatic rings. The van der Waals surface area contributed by atoms with Gasteiger partial charge in [-0.1, -0.05) is 257 Å². The van der Waals surface area contributed by atoms with E-state index in [-0.39, 0.29) is 12.8 Å². The van der Waals surface area contributed by atoms with Crippen LogP contribution in [0, 0.1) is 0 Å². The maximum absolute atomic E-state index is 14.3. The van der Waals surface area contributed by atoms with Gasteiger partial charge >= 0.3 is 25.7 Å². The zero-order valence-electron chi connectivity index (χ0n) is 61.0. The van der Waals surface area contributed by atoms with Crippen LogP contribution in [0.4, 0.5) is 0 Å². The highest BCUT2D eigenvalue weighted by Gasteiger charge is 2.58. The van der Waals surface area contributed by atoms with Gasteiger partial charge in [0.25, 0.3) is 0 Å². The first-order valence-corrected chi connectivity index (χ1v) is 40.3. The van der Waals surface area contributed by atoms with E-state index in [1.807, 2.05) is 6.08 Å². The van der Waals surface area contributed by atoms with E-state index in [4.69, 9.17) is 42.2 Å². The monoisotopic (exact) mass is 1450 g/mol. The summed E-state index contributed by atoms with van der Waals surface area (Å²) in [5.41, 5.74) is 0. The summed E-state index contributed by atoms with van der Waals surface area (Å²) < 4.78 is 64.9. The minimum absolute atomic E-state index is 0.0233. The van der Waals surface area contributed by atoms with Crippen molar-refractivity contribution in [3.63, 3.8) is 0 Å². The van der Waals surface area contributed by atoms with Crippen LogP contribution in [-0.4, -0.2) is 204 Å². The minimum atomic E-state index is -5.71. The Hall–Kier alpha value is -2.82. The highest BCUT2D eigenvalue weighted by atomic mass is 31.2. The topological polar surface area (TPSA) is 374 Å². The molecule has 1 saturated carbocycles. The van der Waals surface area contributed by atoms with Crippen LogP contribution in [0.1, 0.15) is 290 Å². The summed E-state index contributed by atoms with van der Waals surface area (Å²) in [5, 5.41) is 110. The number of aliphatic hydroxyl groups is 10. The molecule has 0 amide bonds. The third kappa shape index (κ3) is 39.0. The van der Waals surface area contributed by atoms with E-state index >= 15 is 0 Å². The lowest BCUT2D eigenvalue weighted by Gasteiger charge is -2.49. The Bertz CT molecular complexity index is 2210. The lowest BCUT2D eigenvalue weighted by Crippen LogP contribution is -2.69. The number of esters is 3. The number of rotatable bonds is 60. The molecule has 2 aliphatic heterocycles. The molecule has 100 heavy (non-hydrogen) atoms. The zero-order valence-corrected chi connectivity index (χ0v) is 61.9. The van der Waals surface area contributed by atoms with Gasteiger partial charge < -0.3 is 89.1 Å². The molecular weight excluding hydrogens is 1320 g/mol. The van der Waals surface area contributed by atoms with Crippen LogP contribution in [0.2, 0.25) is 0 Å². The molecule has 18 atom stereocenters. The summed E-state index contributed by atoms with van der Waals surface area (Å²) in [7, 11) is -5.71. The molecule has 3 aliphatic rings. The summed E-state index contributed by atoms with van der Waals surface area (Å²) in [6.45, 7) is 3.36. The minimum Gasteiger partial charge on any atom is -0.462 e. The Morgan fingerprint density at radius 3 is 1.22 bits per heavy atom. The molecule has 2 saturated heterocycles. The van der Waals surface area contributed by atoms with Crippen LogP contribution >= 0.6 is 7.82 Å². The summed E-state index contributed by atoms with van der Waals surface area (Å²) >= 11 is 0. The SMILES string of the molecule is CCCCCCCCC/C=C\CCCCCC(=O)OCC(COP(=O)(O)OC1C(OC2OC(CO)C(O)C(O)C2O)C(O)C(O)C(O)C1OC1OC(COC(=O)/C=C/C=C/CCCCCCCCCCCCC)C(O)C(O)C1O)OC(=O)CCCCCCCCCCCCCCCCCC. The number of ether oxygens (including phenoxy) is 7. The molecular formula is C75H135O24P. The Labute approximate surface area is 597 Å². The summed E-state index contributed by atoms with van der Waals surface area (Å²) in [6, 6.07) is 0. The predicted octanol–water partition coefficient (Wildman–Crippen LogP) is 11.1. The number of aliphatic hydroxyl groups excluding tert-OH is 10. The molecule has 18 unspecified atom stereocenters. The summed E-state index contributed by atoms with van der Waals surface area (Å²) in [4.78, 5) is 50.9. The van der Waals surface area contributed by atoms with E-state index in [9.17, 15) is 74.9 Å². The molecule has 24 nitrogen and oxygen atoms in total. The van der Waals surface area contributed by atoms with Gasteiger partial charge in [0.15, 0.2) is 18.7 Å². The first kappa shape index (κ1) is 91.4. The van der Waals surface area contributed by atoms with E-state index < -0.39 is 156 Å². The molecule has 0 aromatic heterocycles. The fraction of sp³-hybridized carbons (Fsp3) is 0.880. The second-order valence-electron chi connectivity index (χ2n) is 27.8. The van der Waals surface area contributed by atoms with E-state index in [2.05, 4.69) is 32.9 Å². The number of carbonyl (C=O) groups excluding carboxylic acids is 3. The first-order valence-electron chi connectivity index (χ1n) is 38.8. The van der Waals surface area contributed by atoms with Crippen LogP contribution in [0.3, 0.4) is 0 Å². The molecule has 2 heterocycles. The molecule has 3 fully saturated rings. The van der Waals surface area contributed by atoms with Crippen LogP contribution in [-0.2, 0) is 61.2 Å². The molecule has 0 bridgehead atoms. The summed E-state index contributed by atoms with van der Waals surface area (Å²) in [6.07, 6.45) is 19.8. The van der Waals surface area contributed by atoms with Crippen molar-refractivity contribution in [2.24, 2.45) is 0 Å². The van der Waals surface area contributed by atoms with E-state index in [0.29, 0.717) is 12.8 Å². The lowest BCUT2D eigenvalue weighted by molar-refractivity contribution is -0.360. The van der Waals surface area contributed by atoms with Crippen molar-refractivity contribution in [1.82, 2.24) is 0 Å². The van der Waals surface area contributed by atoms with Crippen molar-refractivity contribution in [3.8, 4) is 0 Å². The average molecular weight is 1450 g/mol. The molecule has 25 heteroatoms. The molecule has 0 spiro atoms. The number of unbranched alkanes of at least 4 members (excludes halogenated alkanes) is 36. The molecule has 0 aromatic carbocycles. The molecule has 584 valence electrons. The van der Waals surface area contributed by atoms with Gasteiger partial charge in [-0.3, -0.25) is 18.6 Å². The van der Waals surface area contributed by atoms with Crippen molar-refractivity contribution in [2.45, 2.75) is 395 Å². The summed E-state index contributed by atoms with van der Waals surface area (Å²) in [5.74, 6) is -2.24. The van der Waals surface area contributed by atoms with Crippen molar-refractivity contribution in [2.75, 3.05) is 26.4 Å². The van der Waals surface area contributed by atoms with Crippen molar-refractivity contribution >= 4 is 25.7 Å². The van der Waals surface area contributed by atoms with E-state index in [1.165, 1.54) is 160 Å². The van der Waals surface area contributed by atoms with E-state index in [1.54, 1.807) is 6.08 Å². The Balaban J connectivity index is 1.74. The van der Waals surface area contributed by atoms with Crippen LogP contribution in [0.25, 0.3) is 0 Å². The quantitative estimate of drug-likeness (QED) is 0.00512. The second kappa shape index (κ2) is 56.5. The second-order valence-corrected chi connectivity index (χ2v) is 29.2. The van der Waals surface area contributed by atoms with Gasteiger partial charge in [-0.15, -0.1) is 0 Å². The number of phosphoric acid groups is 1. The predicted molar refractivity (Wildman–Crippen MR) is 379 cm³/mol. The van der Waals surface area contributed by atoms with Crippen LogP contribution in [0.5, 0.6) is 0 Å². The van der Waals surface area contributed by atoms with Gasteiger partial charge in [-0.2, -0.15) is 0 Å². The highest BCUT2D eigenvalue weighted by Crippen LogP contribution is 2.49. The maximum Gasteiger partial charge on any atom is 0.472 e. The third-order valence-electron chi connectivity index (χ3n) is 19.0. The Kier molecular flexibility index (Phi) is 51.6. The average Bonchev–Trinajstić information content (AvgIpc) is 0.760. The molecule has 3 rings (SSSR count).